The molecular weight excluding hydrogens is 500 g/mol. The first-order chi connectivity index (χ1) is 17.7. The number of sulfonamides is 1. The maximum absolute atomic E-state index is 13.6. The van der Waals surface area contributed by atoms with E-state index in [1.807, 2.05) is 44.2 Å². The summed E-state index contributed by atoms with van der Waals surface area (Å²) in [5.41, 5.74) is 1.62. The number of alkyl carbamates (subject to hydrolysis) is 1. The number of aliphatic hydroxyl groups excluding tert-OH is 1. The molecule has 11 nitrogen and oxygen atoms in total. The zero-order valence-corrected chi connectivity index (χ0v) is 21.6. The number of ether oxygens (including phenoxy) is 2. The van der Waals surface area contributed by atoms with E-state index in [1.54, 1.807) is 0 Å². The Morgan fingerprint density at radius 3 is 2.62 bits per heavy atom. The van der Waals surface area contributed by atoms with Crippen molar-refractivity contribution in [2.24, 2.45) is 5.92 Å². The molecule has 3 aromatic rings. The third kappa shape index (κ3) is 7.04. The third-order valence-electron chi connectivity index (χ3n) is 6.05. The molecule has 1 saturated heterocycles. The van der Waals surface area contributed by atoms with E-state index in [4.69, 9.17) is 9.47 Å². The predicted molar refractivity (Wildman–Crippen MR) is 134 cm³/mol. The van der Waals surface area contributed by atoms with E-state index in [1.165, 1.54) is 22.5 Å². The van der Waals surface area contributed by atoms with Crippen LogP contribution in [-0.4, -0.2) is 78.8 Å². The molecule has 1 aliphatic heterocycles. The second-order valence-electron chi connectivity index (χ2n) is 9.53. The minimum absolute atomic E-state index is 0.0109. The molecule has 0 radical (unpaired) electrons. The van der Waals surface area contributed by atoms with E-state index in [-0.39, 0.29) is 36.4 Å². The van der Waals surface area contributed by atoms with Gasteiger partial charge in [-0.3, -0.25) is 0 Å². The van der Waals surface area contributed by atoms with Crippen molar-refractivity contribution in [3.05, 3.63) is 54.1 Å². The maximum Gasteiger partial charge on any atom is 0.407 e. The summed E-state index contributed by atoms with van der Waals surface area (Å²) < 4.78 is 43.8. The smallest absolute Gasteiger partial charge is 0.407 e. The molecule has 12 heteroatoms. The van der Waals surface area contributed by atoms with E-state index in [2.05, 4.69) is 20.3 Å². The fourth-order valence-corrected chi connectivity index (χ4v) is 5.82. The van der Waals surface area contributed by atoms with Crippen molar-refractivity contribution in [3.63, 3.8) is 0 Å². The Balaban J connectivity index is 1.55. The van der Waals surface area contributed by atoms with Crippen molar-refractivity contribution < 1.29 is 32.4 Å². The summed E-state index contributed by atoms with van der Waals surface area (Å²) in [4.78, 5) is 12.6. The minimum atomic E-state index is -4.01. The molecule has 37 heavy (non-hydrogen) atoms. The van der Waals surface area contributed by atoms with Crippen LogP contribution in [0.4, 0.5) is 4.79 Å². The van der Waals surface area contributed by atoms with Gasteiger partial charge < -0.3 is 19.9 Å². The Bertz CT molecular complexity index is 1280. The van der Waals surface area contributed by atoms with Gasteiger partial charge in [0.2, 0.25) is 10.0 Å². The first kappa shape index (κ1) is 27.0. The molecule has 2 aromatic carbocycles. The minimum Gasteiger partial charge on any atom is -0.444 e. The van der Waals surface area contributed by atoms with E-state index in [9.17, 15) is 18.3 Å². The summed E-state index contributed by atoms with van der Waals surface area (Å²) in [6.07, 6.45) is -1.38. The Labute approximate surface area is 215 Å². The Hall–Kier alpha value is -3.06. The Kier molecular flexibility index (Phi) is 8.75. The first-order valence-electron chi connectivity index (χ1n) is 12.2. The molecule has 0 bridgehead atoms. The standard InChI is InChI=1S/C25H32N4O7S/c1-17(2)14-29(37(32,33)20-8-9-21-22(13-20)28-36-27-21)15-24(30)23(12-18-6-4-3-5-7-18)26-25(31)35-19-10-11-34-16-19/h3-9,13,17,19,23-24,30H,10-12,14-16H2,1-2H3,(H,26,31)/t19-,23-,24+/m0/s1. The molecule has 1 amide bonds. The highest BCUT2D eigenvalue weighted by Crippen LogP contribution is 2.22. The molecule has 3 atom stereocenters. The summed E-state index contributed by atoms with van der Waals surface area (Å²) in [6.45, 7) is 4.55. The van der Waals surface area contributed by atoms with Gasteiger partial charge in [-0.1, -0.05) is 44.2 Å². The normalized spacial score (nSPS) is 17.8. The van der Waals surface area contributed by atoms with Gasteiger partial charge in [-0.2, -0.15) is 4.31 Å². The number of nitrogens with one attached hydrogen (secondary N) is 1. The molecule has 0 spiro atoms. The zero-order chi connectivity index (χ0) is 26.4. The molecular formula is C25H32N4O7S. The maximum atomic E-state index is 13.6. The Morgan fingerprint density at radius 1 is 1.16 bits per heavy atom. The van der Waals surface area contributed by atoms with Gasteiger partial charge in [-0.05, 0) is 46.4 Å². The number of hydrogen-bond acceptors (Lipinski definition) is 9. The summed E-state index contributed by atoms with van der Waals surface area (Å²) >= 11 is 0. The number of hydrogen-bond donors (Lipinski definition) is 2. The predicted octanol–water partition coefficient (Wildman–Crippen LogP) is 2.36. The number of aromatic nitrogens is 2. The van der Waals surface area contributed by atoms with E-state index >= 15 is 0 Å². The second-order valence-corrected chi connectivity index (χ2v) is 11.5. The van der Waals surface area contributed by atoms with Gasteiger partial charge in [0, 0.05) is 19.5 Å². The fraction of sp³-hybridized carbons (Fsp3) is 0.480. The van der Waals surface area contributed by atoms with Crippen LogP contribution < -0.4 is 5.32 Å². The van der Waals surface area contributed by atoms with Crippen molar-refractivity contribution in [1.82, 2.24) is 19.9 Å². The van der Waals surface area contributed by atoms with Crippen LogP contribution in [0.5, 0.6) is 0 Å². The molecule has 0 saturated carbocycles. The van der Waals surface area contributed by atoms with Gasteiger partial charge in [-0.15, -0.1) is 0 Å². The highest BCUT2D eigenvalue weighted by atomic mass is 32.2. The summed E-state index contributed by atoms with van der Waals surface area (Å²) in [5, 5.41) is 21.5. The van der Waals surface area contributed by atoms with E-state index < -0.39 is 28.3 Å². The van der Waals surface area contributed by atoms with Crippen molar-refractivity contribution in [1.29, 1.82) is 0 Å². The number of rotatable bonds is 11. The lowest BCUT2D eigenvalue weighted by atomic mass is 10.0. The van der Waals surface area contributed by atoms with Gasteiger partial charge in [-0.25, -0.2) is 17.8 Å². The fourth-order valence-electron chi connectivity index (χ4n) is 4.18. The monoisotopic (exact) mass is 532 g/mol. The van der Waals surface area contributed by atoms with Gasteiger partial charge in [0.25, 0.3) is 0 Å². The molecule has 0 unspecified atom stereocenters. The van der Waals surface area contributed by atoms with Crippen LogP contribution in [0.2, 0.25) is 0 Å². The summed E-state index contributed by atoms with van der Waals surface area (Å²) in [7, 11) is -4.01. The largest absolute Gasteiger partial charge is 0.444 e. The van der Waals surface area contributed by atoms with Crippen molar-refractivity contribution in [2.75, 3.05) is 26.3 Å². The van der Waals surface area contributed by atoms with Crippen LogP contribution in [0.1, 0.15) is 25.8 Å². The number of fused-ring (bicyclic) bond motifs is 1. The van der Waals surface area contributed by atoms with Crippen LogP contribution in [-0.2, 0) is 25.9 Å². The summed E-state index contributed by atoms with van der Waals surface area (Å²) in [5.74, 6) is -0.0210. The second kappa shape index (κ2) is 12.0. The van der Waals surface area contributed by atoms with Crippen molar-refractivity contribution in [3.8, 4) is 0 Å². The van der Waals surface area contributed by atoms with Crippen LogP contribution in [0, 0.1) is 5.92 Å². The highest BCUT2D eigenvalue weighted by molar-refractivity contribution is 7.89. The molecule has 4 rings (SSSR count). The van der Waals surface area contributed by atoms with Crippen LogP contribution in [0.3, 0.4) is 0 Å². The van der Waals surface area contributed by atoms with Crippen molar-refractivity contribution in [2.45, 2.75) is 49.8 Å². The lowest BCUT2D eigenvalue weighted by Gasteiger charge is -2.30. The molecule has 1 fully saturated rings. The highest BCUT2D eigenvalue weighted by Gasteiger charge is 2.32. The number of nitrogens with zero attached hydrogens (tertiary/aromatic N) is 3. The first-order valence-corrected chi connectivity index (χ1v) is 13.7. The summed E-state index contributed by atoms with van der Waals surface area (Å²) in [6, 6.07) is 12.9. The number of carbonyl (C=O) groups excluding carboxylic acids is 1. The van der Waals surface area contributed by atoms with Crippen LogP contribution in [0.25, 0.3) is 11.0 Å². The average Bonchev–Trinajstić information content (AvgIpc) is 3.55. The molecule has 2 N–H and O–H groups in total. The zero-order valence-electron chi connectivity index (χ0n) is 20.8. The molecule has 1 aliphatic rings. The molecule has 2 heterocycles. The van der Waals surface area contributed by atoms with E-state index in [0.717, 1.165) is 5.56 Å². The third-order valence-corrected chi connectivity index (χ3v) is 7.88. The molecule has 1 aromatic heterocycles. The average molecular weight is 533 g/mol. The van der Waals surface area contributed by atoms with Gasteiger partial charge in [0.05, 0.1) is 30.3 Å². The number of benzene rings is 2. The van der Waals surface area contributed by atoms with E-state index in [0.29, 0.717) is 30.7 Å². The van der Waals surface area contributed by atoms with Gasteiger partial charge >= 0.3 is 6.09 Å². The van der Waals surface area contributed by atoms with Crippen LogP contribution >= 0.6 is 0 Å². The molecule has 0 aliphatic carbocycles. The topological polar surface area (TPSA) is 144 Å². The number of aliphatic hydroxyl groups is 1. The van der Waals surface area contributed by atoms with Crippen molar-refractivity contribution >= 4 is 27.1 Å². The lowest BCUT2D eigenvalue weighted by Crippen LogP contribution is -2.51. The van der Waals surface area contributed by atoms with Gasteiger partial charge in [0.15, 0.2) is 0 Å². The Morgan fingerprint density at radius 2 is 1.92 bits per heavy atom. The quantitative estimate of drug-likeness (QED) is 0.380. The number of carbonyl (C=O) groups is 1. The SMILES string of the molecule is CC(C)CN(C[C@@H](O)[C@H](Cc1ccccc1)NC(=O)O[C@H]1CCOC1)S(=O)(=O)c1ccc2nonc2c1. The lowest BCUT2D eigenvalue weighted by molar-refractivity contribution is 0.0644. The number of amides is 1. The molecule has 200 valence electrons. The van der Waals surface area contributed by atoms with Crippen LogP contribution in [0.15, 0.2) is 58.1 Å². The van der Waals surface area contributed by atoms with Gasteiger partial charge in [0.1, 0.15) is 17.1 Å².